The van der Waals surface area contributed by atoms with Crippen LogP contribution in [-0.4, -0.2) is 54.6 Å². The Bertz CT molecular complexity index is 929. The summed E-state index contributed by atoms with van der Waals surface area (Å²) in [5.41, 5.74) is 0.901. The lowest BCUT2D eigenvalue weighted by atomic mass is 10.2. The maximum atomic E-state index is 12.1. The quantitative estimate of drug-likeness (QED) is 0.406. The maximum absolute atomic E-state index is 12.1. The number of carbonyl (C=O) groups excluding carboxylic acids is 2. The van der Waals surface area contributed by atoms with E-state index in [1.165, 1.54) is 6.07 Å². The third kappa shape index (κ3) is 5.99. The van der Waals surface area contributed by atoms with Gasteiger partial charge in [-0.3, -0.25) is 19.8 Å². The molecule has 9 nitrogen and oxygen atoms in total. The Morgan fingerprint density at radius 1 is 1.17 bits per heavy atom. The Hall–Kier alpha value is -3.01. The van der Waals surface area contributed by atoms with Gasteiger partial charge in [-0.25, -0.2) is 4.79 Å². The molecule has 3 rings (SSSR count). The van der Waals surface area contributed by atoms with Crippen molar-refractivity contribution in [1.82, 2.24) is 4.90 Å². The van der Waals surface area contributed by atoms with E-state index in [0.717, 1.165) is 50.5 Å². The standard InChI is InChI=1S/C20H20ClN3O6/c21-15-3-6-18(24(27)28)17(11-15)20(26)30-13-19(25)22-16-4-1-14(2-5-16)12-23-7-9-29-10-8-23/h1-6,11H,7-10,12-13H2,(H,22,25). The number of rotatable bonds is 7. The van der Waals surface area contributed by atoms with E-state index in [1.807, 2.05) is 12.1 Å². The van der Waals surface area contributed by atoms with Gasteiger partial charge in [0.05, 0.1) is 18.1 Å². The molecule has 0 atom stereocenters. The van der Waals surface area contributed by atoms with Crippen LogP contribution in [0.2, 0.25) is 5.02 Å². The normalized spacial score (nSPS) is 14.2. The lowest BCUT2D eigenvalue weighted by molar-refractivity contribution is -0.385. The molecule has 2 aromatic rings. The molecule has 1 fully saturated rings. The fourth-order valence-corrected chi connectivity index (χ4v) is 3.12. The first-order valence-corrected chi connectivity index (χ1v) is 9.60. The molecule has 1 saturated heterocycles. The number of carbonyl (C=O) groups is 2. The molecule has 1 N–H and O–H groups in total. The average Bonchev–Trinajstić information content (AvgIpc) is 2.74. The highest BCUT2D eigenvalue weighted by atomic mass is 35.5. The third-order valence-corrected chi connectivity index (χ3v) is 4.69. The second-order valence-corrected chi connectivity index (χ2v) is 7.06. The molecule has 30 heavy (non-hydrogen) atoms. The molecule has 158 valence electrons. The summed E-state index contributed by atoms with van der Waals surface area (Å²) in [7, 11) is 0. The smallest absolute Gasteiger partial charge is 0.345 e. The Kier molecular flexibility index (Phi) is 7.34. The van der Waals surface area contributed by atoms with Crippen LogP contribution in [0.3, 0.4) is 0 Å². The number of ether oxygens (including phenoxy) is 2. The van der Waals surface area contributed by atoms with Crippen molar-refractivity contribution in [3.63, 3.8) is 0 Å². The second kappa shape index (κ2) is 10.1. The number of esters is 1. The minimum atomic E-state index is -1.000. The highest BCUT2D eigenvalue weighted by Gasteiger charge is 2.22. The first-order valence-electron chi connectivity index (χ1n) is 9.22. The second-order valence-electron chi connectivity index (χ2n) is 6.63. The fourth-order valence-electron chi connectivity index (χ4n) is 2.95. The number of amides is 1. The fraction of sp³-hybridized carbons (Fsp3) is 0.300. The van der Waals surface area contributed by atoms with Crippen LogP contribution in [0, 0.1) is 10.1 Å². The summed E-state index contributed by atoms with van der Waals surface area (Å²) >= 11 is 5.79. The molecule has 0 saturated carbocycles. The average molecular weight is 434 g/mol. The predicted molar refractivity (Wildman–Crippen MR) is 110 cm³/mol. The molecule has 0 spiro atoms. The summed E-state index contributed by atoms with van der Waals surface area (Å²) in [4.78, 5) is 36.8. The molecule has 10 heteroatoms. The molecular formula is C20H20ClN3O6. The van der Waals surface area contributed by atoms with Crippen LogP contribution in [0.15, 0.2) is 42.5 Å². The van der Waals surface area contributed by atoms with E-state index in [4.69, 9.17) is 21.1 Å². The van der Waals surface area contributed by atoms with Gasteiger partial charge < -0.3 is 14.8 Å². The molecular weight excluding hydrogens is 414 g/mol. The van der Waals surface area contributed by atoms with Crippen molar-refractivity contribution < 1.29 is 24.0 Å². The number of hydrogen-bond acceptors (Lipinski definition) is 7. The van der Waals surface area contributed by atoms with E-state index in [0.29, 0.717) is 5.69 Å². The van der Waals surface area contributed by atoms with E-state index in [9.17, 15) is 19.7 Å². The Balaban J connectivity index is 1.51. The van der Waals surface area contributed by atoms with Crippen molar-refractivity contribution in [2.75, 3.05) is 38.2 Å². The summed E-state index contributed by atoms with van der Waals surface area (Å²) in [6.45, 7) is 3.44. The topological polar surface area (TPSA) is 111 Å². The van der Waals surface area contributed by atoms with Crippen molar-refractivity contribution in [3.05, 3.63) is 68.7 Å². The minimum Gasteiger partial charge on any atom is -0.452 e. The van der Waals surface area contributed by atoms with Crippen molar-refractivity contribution >= 4 is 34.9 Å². The summed E-state index contributed by atoms with van der Waals surface area (Å²) in [6.07, 6.45) is 0. The first kappa shape index (κ1) is 21.7. The van der Waals surface area contributed by atoms with Gasteiger partial charge in [0.15, 0.2) is 6.61 Å². The van der Waals surface area contributed by atoms with Gasteiger partial charge in [-0.1, -0.05) is 23.7 Å². The number of halogens is 1. The molecule has 1 aliphatic heterocycles. The van der Waals surface area contributed by atoms with Gasteiger partial charge in [-0.2, -0.15) is 0 Å². The van der Waals surface area contributed by atoms with Crippen molar-refractivity contribution in [3.8, 4) is 0 Å². The van der Waals surface area contributed by atoms with Crippen LogP contribution in [0.4, 0.5) is 11.4 Å². The Morgan fingerprint density at radius 3 is 2.53 bits per heavy atom. The molecule has 2 aromatic carbocycles. The van der Waals surface area contributed by atoms with Gasteiger partial charge in [0, 0.05) is 36.4 Å². The number of nitrogens with zero attached hydrogens (tertiary/aromatic N) is 2. The Labute approximate surface area is 177 Å². The van der Waals surface area contributed by atoms with Gasteiger partial charge in [0.2, 0.25) is 0 Å². The molecule has 0 aliphatic carbocycles. The van der Waals surface area contributed by atoms with Crippen LogP contribution in [-0.2, 0) is 20.8 Å². The van der Waals surface area contributed by atoms with Gasteiger partial charge in [-0.05, 0) is 29.8 Å². The van der Waals surface area contributed by atoms with E-state index >= 15 is 0 Å². The summed E-state index contributed by atoms with van der Waals surface area (Å²) < 4.78 is 10.2. The van der Waals surface area contributed by atoms with Crippen LogP contribution in [0.5, 0.6) is 0 Å². The minimum absolute atomic E-state index is 0.147. The lowest BCUT2D eigenvalue weighted by Gasteiger charge is -2.26. The number of nitro benzene ring substituents is 1. The number of nitrogens with one attached hydrogen (secondary N) is 1. The number of nitro groups is 1. The third-order valence-electron chi connectivity index (χ3n) is 4.46. The molecule has 1 aliphatic rings. The number of hydrogen-bond donors (Lipinski definition) is 1. The summed E-state index contributed by atoms with van der Waals surface area (Å²) in [5, 5.41) is 13.8. The lowest BCUT2D eigenvalue weighted by Crippen LogP contribution is -2.35. The zero-order chi connectivity index (χ0) is 21.5. The predicted octanol–water partition coefficient (Wildman–Crippen LogP) is 2.88. The molecule has 1 amide bonds. The zero-order valence-corrected chi connectivity index (χ0v) is 16.8. The zero-order valence-electron chi connectivity index (χ0n) is 16.0. The summed E-state index contributed by atoms with van der Waals surface area (Å²) in [6, 6.07) is 10.9. The van der Waals surface area contributed by atoms with Gasteiger partial charge in [0.25, 0.3) is 11.6 Å². The summed E-state index contributed by atoms with van der Waals surface area (Å²) in [5.74, 6) is -1.56. The van der Waals surface area contributed by atoms with Crippen LogP contribution < -0.4 is 5.32 Å². The Morgan fingerprint density at radius 2 is 1.87 bits per heavy atom. The SMILES string of the molecule is O=C(COC(=O)c1cc(Cl)ccc1[N+](=O)[O-])Nc1ccc(CN2CCOCC2)cc1. The van der Waals surface area contributed by atoms with Gasteiger partial charge in [-0.15, -0.1) is 0 Å². The van der Waals surface area contributed by atoms with Crippen molar-refractivity contribution in [1.29, 1.82) is 0 Å². The van der Waals surface area contributed by atoms with Crippen molar-refractivity contribution in [2.45, 2.75) is 6.54 Å². The van der Waals surface area contributed by atoms with Crippen LogP contribution in [0.25, 0.3) is 0 Å². The van der Waals surface area contributed by atoms with Gasteiger partial charge in [0.1, 0.15) is 5.56 Å². The van der Waals surface area contributed by atoms with E-state index in [2.05, 4.69) is 10.2 Å². The largest absolute Gasteiger partial charge is 0.452 e. The molecule has 0 unspecified atom stereocenters. The van der Waals surface area contributed by atoms with E-state index in [1.54, 1.807) is 12.1 Å². The highest BCUT2D eigenvalue weighted by Crippen LogP contribution is 2.23. The number of morpholine rings is 1. The molecule has 1 heterocycles. The van der Waals surface area contributed by atoms with E-state index in [-0.39, 0.29) is 10.6 Å². The first-order chi connectivity index (χ1) is 14.4. The van der Waals surface area contributed by atoms with Crippen LogP contribution >= 0.6 is 11.6 Å². The monoisotopic (exact) mass is 433 g/mol. The maximum Gasteiger partial charge on any atom is 0.345 e. The van der Waals surface area contributed by atoms with Crippen LogP contribution in [0.1, 0.15) is 15.9 Å². The van der Waals surface area contributed by atoms with E-state index < -0.39 is 29.1 Å². The number of benzene rings is 2. The molecule has 0 radical (unpaired) electrons. The van der Waals surface area contributed by atoms with Crippen molar-refractivity contribution in [2.24, 2.45) is 0 Å². The highest BCUT2D eigenvalue weighted by molar-refractivity contribution is 6.31. The molecule has 0 bridgehead atoms. The van der Waals surface area contributed by atoms with Gasteiger partial charge >= 0.3 is 5.97 Å². The number of anilines is 1. The molecule has 0 aromatic heterocycles.